The second kappa shape index (κ2) is 9.19. The molecular weight excluding hydrogens is 392 g/mol. The number of rotatable bonds is 7. The Morgan fingerprint density at radius 3 is 2.40 bits per heavy atom. The van der Waals surface area contributed by atoms with Crippen LogP contribution in [0.3, 0.4) is 0 Å². The number of aryl methyl sites for hydroxylation is 3. The lowest BCUT2D eigenvalue weighted by Gasteiger charge is -2.13. The second-order valence-corrected chi connectivity index (χ2v) is 7.85. The minimum absolute atomic E-state index is 0.665. The van der Waals surface area contributed by atoms with Gasteiger partial charge >= 0.3 is 0 Å². The molecule has 0 amide bonds. The Labute approximate surface area is 182 Å². The molecule has 4 heteroatoms. The van der Waals surface area contributed by atoms with E-state index >= 15 is 0 Å². The normalized spacial score (nSPS) is 11.4. The number of imidazole rings is 1. The second-order valence-electron chi connectivity index (χ2n) is 7.42. The van der Waals surface area contributed by atoms with Crippen molar-refractivity contribution in [2.45, 2.75) is 26.8 Å². The molecule has 1 aromatic heterocycles. The van der Waals surface area contributed by atoms with Crippen LogP contribution in [0.15, 0.2) is 66.7 Å². The summed E-state index contributed by atoms with van der Waals surface area (Å²) in [7, 11) is 0. The monoisotopic (exact) mass is 416 g/mol. The summed E-state index contributed by atoms with van der Waals surface area (Å²) in [5.74, 6) is 1.94. The molecule has 0 bridgehead atoms. The van der Waals surface area contributed by atoms with Crippen molar-refractivity contribution in [3.05, 3.63) is 94.3 Å². The van der Waals surface area contributed by atoms with E-state index in [1.807, 2.05) is 30.3 Å². The van der Waals surface area contributed by atoms with Gasteiger partial charge < -0.3 is 9.30 Å². The van der Waals surface area contributed by atoms with Gasteiger partial charge in [0.2, 0.25) is 0 Å². The van der Waals surface area contributed by atoms with Crippen LogP contribution >= 0.6 is 11.6 Å². The number of ether oxygens (including phenoxy) is 1. The van der Waals surface area contributed by atoms with E-state index in [9.17, 15) is 0 Å². The van der Waals surface area contributed by atoms with Crippen LogP contribution < -0.4 is 4.74 Å². The molecule has 0 N–H and O–H groups in total. The number of aromatic nitrogens is 2. The third-order valence-corrected chi connectivity index (χ3v) is 5.41. The molecule has 0 aliphatic heterocycles. The van der Waals surface area contributed by atoms with E-state index in [2.05, 4.69) is 67.0 Å². The minimum atomic E-state index is 0.665. The quantitative estimate of drug-likeness (QED) is 0.305. The fourth-order valence-electron chi connectivity index (χ4n) is 3.62. The van der Waals surface area contributed by atoms with Crippen molar-refractivity contribution in [2.75, 3.05) is 6.61 Å². The molecule has 3 nitrogen and oxygen atoms in total. The Hall–Kier alpha value is -3.04. The first kappa shape index (κ1) is 20.2. The van der Waals surface area contributed by atoms with Gasteiger partial charge in [0.15, 0.2) is 0 Å². The molecule has 30 heavy (non-hydrogen) atoms. The van der Waals surface area contributed by atoms with E-state index in [1.165, 1.54) is 11.1 Å². The molecule has 3 aromatic carbocycles. The molecule has 0 saturated heterocycles. The lowest BCUT2D eigenvalue weighted by atomic mass is 10.1. The number of para-hydroxylation sites is 3. The Bertz CT molecular complexity index is 1160. The van der Waals surface area contributed by atoms with Crippen molar-refractivity contribution >= 4 is 34.8 Å². The van der Waals surface area contributed by atoms with Gasteiger partial charge in [-0.05, 0) is 67.3 Å². The molecule has 0 aliphatic carbocycles. The number of hydrogen-bond acceptors (Lipinski definition) is 2. The summed E-state index contributed by atoms with van der Waals surface area (Å²) in [5.41, 5.74) is 5.59. The molecule has 0 fully saturated rings. The SMILES string of the molecule is Cc1cccc(C)c1OCCCn1c(/C=C/c2ccc(Cl)cc2)nc2ccccc21. The molecule has 4 rings (SSSR count). The maximum atomic E-state index is 6.09. The zero-order chi connectivity index (χ0) is 20.9. The molecule has 0 spiro atoms. The van der Waals surface area contributed by atoms with E-state index < -0.39 is 0 Å². The van der Waals surface area contributed by atoms with Crippen LogP contribution in [0.2, 0.25) is 5.02 Å². The Balaban J connectivity index is 1.51. The summed E-state index contributed by atoms with van der Waals surface area (Å²) in [6.45, 7) is 5.68. The highest BCUT2D eigenvalue weighted by molar-refractivity contribution is 6.30. The van der Waals surface area contributed by atoms with Gasteiger partial charge in [0, 0.05) is 11.6 Å². The predicted octanol–water partition coefficient (Wildman–Crippen LogP) is 6.95. The van der Waals surface area contributed by atoms with E-state index in [1.54, 1.807) is 0 Å². The van der Waals surface area contributed by atoms with E-state index in [4.69, 9.17) is 21.3 Å². The first-order chi connectivity index (χ1) is 14.6. The number of benzene rings is 3. The van der Waals surface area contributed by atoms with Crippen molar-refractivity contribution in [2.24, 2.45) is 0 Å². The highest BCUT2D eigenvalue weighted by Crippen LogP contribution is 2.23. The van der Waals surface area contributed by atoms with Crippen LogP contribution in [0.25, 0.3) is 23.2 Å². The van der Waals surface area contributed by atoms with Gasteiger partial charge in [0.05, 0.1) is 17.6 Å². The van der Waals surface area contributed by atoms with Crippen LogP contribution in [0.4, 0.5) is 0 Å². The number of nitrogens with zero attached hydrogens (tertiary/aromatic N) is 2. The Morgan fingerprint density at radius 2 is 1.63 bits per heavy atom. The largest absolute Gasteiger partial charge is 0.493 e. The molecule has 1 heterocycles. The highest BCUT2D eigenvalue weighted by Gasteiger charge is 2.09. The molecule has 0 saturated carbocycles. The summed E-state index contributed by atoms with van der Waals surface area (Å²) < 4.78 is 8.35. The molecular formula is C26H25ClN2O. The fraction of sp³-hybridized carbons (Fsp3) is 0.192. The molecule has 0 aliphatic rings. The third-order valence-electron chi connectivity index (χ3n) is 5.16. The topological polar surface area (TPSA) is 27.1 Å². The standard InChI is InChI=1S/C26H25ClN2O/c1-19-7-5-8-20(2)26(19)30-18-6-17-29-24-10-4-3-9-23(24)28-25(29)16-13-21-11-14-22(27)15-12-21/h3-5,7-16H,6,17-18H2,1-2H3/b16-13+. The van der Waals surface area contributed by atoms with Crippen molar-refractivity contribution in [1.82, 2.24) is 9.55 Å². The lowest BCUT2D eigenvalue weighted by molar-refractivity contribution is 0.298. The number of fused-ring (bicyclic) bond motifs is 1. The van der Waals surface area contributed by atoms with Crippen LogP contribution in [0.5, 0.6) is 5.75 Å². The Kier molecular flexibility index (Phi) is 6.20. The fourth-order valence-corrected chi connectivity index (χ4v) is 3.75. The van der Waals surface area contributed by atoms with Gasteiger partial charge in [-0.15, -0.1) is 0 Å². The molecule has 0 radical (unpaired) electrons. The first-order valence-electron chi connectivity index (χ1n) is 10.2. The van der Waals surface area contributed by atoms with E-state index in [-0.39, 0.29) is 0 Å². The first-order valence-corrected chi connectivity index (χ1v) is 10.6. The van der Waals surface area contributed by atoms with Gasteiger partial charge in [-0.25, -0.2) is 4.98 Å². The number of halogens is 1. The van der Waals surface area contributed by atoms with Gasteiger partial charge in [-0.2, -0.15) is 0 Å². The van der Waals surface area contributed by atoms with Crippen LogP contribution in [-0.2, 0) is 6.54 Å². The van der Waals surface area contributed by atoms with Crippen LogP contribution in [-0.4, -0.2) is 16.2 Å². The summed E-state index contributed by atoms with van der Waals surface area (Å²) >= 11 is 5.99. The maximum Gasteiger partial charge on any atom is 0.133 e. The summed E-state index contributed by atoms with van der Waals surface area (Å²) in [5, 5.41) is 0.739. The number of hydrogen-bond donors (Lipinski definition) is 0. The summed E-state index contributed by atoms with van der Waals surface area (Å²) in [4.78, 5) is 4.82. The molecule has 0 unspecified atom stereocenters. The van der Waals surface area contributed by atoms with Crippen molar-refractivity contribution in [3.8, 4) is 5.75 Å². The molecule has 0 atom stereocenters. The summed E-state index contributed by atoms with van der Waals surface area (Å²) in [6.07, 6.45) is 5.03. The van der Waals surface area contributed by atoms with Crippen molar-refractivity contribution in [1.29, 1.82) is 0 Å². The zero-order valence-electron chi connectivity index (χ0n) is 17.3. The third kappa shape index (κ3) is 4.58. The highest BCUT2D eigenvalue weighted by atomic mass is 35.5. The van der Waals surface area contributed by atoms with Crippen molar-refractivity contribution < 1.29 is 4.74 Å². The van der Waals surface area contributed by atoms with Gasteiger partial charge in [0.25, 0.3) is 0 Å². The predicted molar refractivity (Wildman–Crippen MR) is 126 cm³/mol. The minimum Gasteiger partial charge on any atom is -0.493 e. The van der Waals surface area contributed by atoms with Crippen molar-refractivity contribution in [3.63, 3.8) is 0 Å². The van der Waals surface area contributed by atoms with E-state index in [0.717, 1.165) is 46.2 Å². The van der Waals surface area contributed by atoms with E-state index in [0.29, 0.717) is 6.61 Å². The average Bonchev–Trinajstić information content (AvgIpc) is 3.10. The van der Waals surface area contributed by atoms with Gasteiger partial charge in [-0.1, -0.05) is 60.1 Å². The maximum absolute atomic E-state index is 6.09. The summed E-state index contributed by atoms with van der Waals surface area (Å²) in [6, 6.07) is 22.3. The average molecular weight is 417 g/mol. The molecule has 4 aromatic rings. The zero-order valence-corrected chi connectivity index (χ0v) is 18.1. The molecule has 152 valence electrons. The van der Waals surface area contributed by atoms with Gasteiger partial charge in [0.1, 0.15) is 11.6 Å². The Morgan fingerprint density at radius 1 is 0.900 bits per heavy atom. The van der Waals surface area contributed by atoms with Crippen LogP contribution in [0.1, 0.15) is 28.9 Å². The van der Waals surface area contributed by atoms with Crippen LogP contribution in [0, 0.1) is 13.8 Å². The van der Waals surface area contributed by atoms with Gasteiger partial charge in [-0.3, -0.25) is 0 Å². The smallest absolute Gasteiger partial charge is 0.133 e. The lowest BCUT2D eigenvalue weighted by Crippen LogP contribution is -2.07.